The lowest BCUT2D eigenvalue weighted by Crippen LogP contribution is -2.57. The molecule has 28 heavy (non-hydrogen) atoms. The van der Waals surface area contributed by atoms with Gasteiger partial charge in [0.05, 0.1) is 12.5 Å². The highest BCUT2D eigenvalue weighted by atomic mass is 16.2. The predicted molar refractivity (Wildman–Crippen MR) is 108 cm³/mol. The molecule has 1 aromatic carbocycles. The molecule has 0 radical (unpaired) electrons. The van der Waals surface area contributed by atoms with Crippen molar-refractivity contribution in [3.8, 4) is 0 Å². The quantitative estimate of drug-likeness (QED) is 0.740. The molecule has 1 unspecified atom stereocenters. The number of nitrogens with one attached hydrogen (secondary N) is 2. The third-order valence-corrected chi connectivity index (χ3v) is 5.23. The van der Waals surface area contributed by atoms with Gasteiger partial charge in [0.15, 0.2) is 0 Å². The highest BCUT2D eigenvalue weighted by Crippen LogP contribution is 2.21. The van der Waals surface area contributed by atoms with Crippen LogP contribution in [0.5, 0.6) is 0 Å². The van der Waals surface area contributed by atoms with Gasteiger partial charge in [-0.1, -0.05) is 26.0 Å². The van der Waals surface area contributed by atoms with Crippen LogP contribution in [0.25, 0.3) is 0 Å². The molecule has 1 aromatic rings. The second-order valence-electron chi connectivity index (χ2n) is 7.99. The Balaban J connectivity index is 1.51. The van der Waals surface area contributed by atoms with E-state index in [2.05, 4.69) is 29.4 Å². The van der Waals surface area contributed by atoms with Crippen LogP contribution in [-0.2, 0) is 20.9 Å². The van der Waals surface area contributed by atoms with Crippen molar-refractivity contribution in [2.24, 2.45) is 5.92 Å². The van der Waals surface area contributed by atoms with E-state index in [1.165, 1.54) is 0 Å². The van der Waals surface area contributed by atoms with Crippen molar-refractivity contribution in [3.05, 3.63) is 29.8 Å². The first-order valence-electron chi connectivity index (χ1n) is 10.1. The van der Waals surface area contributed by atoms with Gasteiger partial charge in [-0.05, 0) is 30.0 Å². The lowest BCUT2D eigenvalue weighted by molar-refractivity contribution is -0.134. The van der Waals surface area contributed by atoms with Crippen LogP contribution in [0.4, 0.5) is 5.69 Å². The molecule has 0 aliphatic carbocycles. The van der Waals surface area contributed by atoms with Crippen LogP contribution in [0.15, 0.2) is 24.3 Å². The highest BCUT2D eigenvalue weighted by Gasteiger charge is 2.31. The fraction of sp³-hybridized carbons (Fsp3) is 0.571. The van der Waals surface area contributed by atoms with Crippen molar-refractivity contribution >= 4 is 23.4 Å². The predicted octanol–water partition coefficient (Wildman–Crippen LogP) is 1.28. The van der Waals surface area contributed by atoms with Crippen molar-refractivity contribution in [1.29, 1.82) is 0 Å². The number of amides is 3. The zero-order chi connectivity index (χ0) is 20.1. The SMILES string of the molecule is CC(C)CN1CCNC(=O)C1CC(=O)NCc1ccc(N2CCCC2=O)cc1. The molecule has 0 bridgehead atoms. The topological polar surface area (TPSA) is 81.8 Å². The lowest BCUT2D eigenvalue weighted by Gasteiger charge is -2.35. The molecular formula is C21H30N4O3. The molecule has 2 aliphatic rings. The maximum Gasteiger partial charge on any atom is 0.237 e. The van der Waals surface area contributed by atoms with Gasteiger partial charge in [0, 0.05) is 44.8 Å². The maximum atomic E-state index is 12.4. The van der Waals surface area contributed by atoms with Gasteiger partial charge in [0.25, 0.3) is 0 Å². The van der Waals surface area contributed by atoms with Crippen molar-refractivity contribution in [3.63, 3.8) is 0 Å². The summed E-state index contributed by atoms with van der Waals surface area (Å²) in [5.41, 5.74) is 1.87. The Morgan fingerprint density at radius 3 is 2.61 bits per heavy atom. The van der Waals surface area contributed by atoms with E-state index >= 15 is 0 Å². The summed E-state index contributed by atoms with van der Waals surface area (Å²) in [6.07, 6.45) is 1.68. The minimum atomic E-state index is -0.403. The van der Waals surface area contributed by atoms with Gasteiger partial charge in [0.1, 0.15) is 0 Å². The van der Waals surface area contributed by atoms with Gasteiger partial charge in [-0.25, -0.2) is 0 Å². The van der Waals surface area contributed by atoms with E-state index in [0.29, 0.717) is 25.4 Å². The number of anilines is 1. The molecule has 3 amide bonds. The normalized spacial score (nSPS) is 20.5. The Kier molecular flexibility index (Phi) is 6.67. The third-order valence-electron chi connectivity index (χ3n) is 5.23. The summed E-state index contributed by atoms with van der Waals surface area (Å²) in [5.74, 6) is 0.409. The van der Waals surface area contributed by atoms with Gasteiger partial charge >= 0.3 is 0 Å². The Hall–Kier alpha value is -2.41. The minimum Gasteiger partial charge on any atom is -0.353 e. The smallest absolute Gasteiger partial charge is 0.237 e. The first-order valence-corrected chi connectivity index (χ1v) is 10.1. The summed E-state index contributed by atoms with van der Waals surface area (Å²) in [5, 5.41) is 5.77. The fourth-order valence-electron chi connectivity index (χ4n) is 3.83. The van der Waals surface area contributed by atoms with Gasteiger partial charge < -0.3 is 15.5 Å². The first kappa shape index (κ1) is 20.3. The Morgan fingerprint density at radius 1 is 1.21 bits per heavy atom. The van der Waals surface area contributed by atoms with Gasteiger partial charge in [0.2, 0.25) is 17.7 Å². The van der Waals surface area contributed by atoms with Crippen LogP contribution in [0.2, 0.25) is 0 Å². The van der Waals surface area contributed by atoms with Crippen LogP contribution >= 0.6 is 0 Å². The minimum absolute atomic E-state index is 0.0679. The van der Waals surface area contributed by atoms with Gasteiger partial charge in [-0.15, -0.1) is 0 Å². The molecule has 0 aromatic heterocycles. The zero-order valence-corrected chi connectivity index (χ0v) is 16.7. The van der Waals surface area contributed by atoms with Crippen LogP contribution in [0.1, 0.15) is 38.7 Å². The molecule has 0 saturated carbocycles. The molecule has 2 fully saturated rings. The van der Waals surface area contributed by atoms with E-state index in [1.54, 1.807) is 4.90 Å². The number of hydrogen-bond donors (Lipinski definition) is 2. The zero-order valence-electron chi connectivity index (χ0n) is 16.7. The van der Waals surface area contributed by atoms with Crippen molar-refractivity contribution in [1.82, 2.24) is 15.5 Å². The molecule has 3 rings (SSSR count). The number of benzene rings is 1. The lowest BCUT2D eigenvalue weighted by atomic mass is 10.1. The van der Waals surface area contributed by atoms with Crippen LogP contribution < -0.4 is 15.5 Å². The molecule has 152 valence electrons. The average molecular weight is 386 g/mol. The van der Waals surface area contributed by atoms with Crippen molar-refractivity contribution in [2.75, 3.05) is 31.1 Å². The summed E-state index contributed by atoms with van der Waals surface area (Å²) in [6.45, 7) is 7.62. The number of carbonyl (C=O) groups excluding carboxylic acids is 3. The van der Waals surface area contributed by atoms with Crippen LogP contribution in [0, 0.1) is 5.92 Å². The number of carbonyl (C=O) groups is 3. The molecular weight excluding hydrogens is 356 g/mol. The second-order valence-corrected chi connectivity index (χ2v) is 7.99. The van der Waals surface area contributed by atoms with Crippen LogP contribution in [0.3, 0.4) is 0 Å². The van der Waals surface area contributed by atoms with E-state index in [-0.39, 0.29) is 24.1 Å². The second kappa shape index (κ2) is 9.19. The number of nitrogens with zero attached hydrogens (tertiary/aromatic N) is 2. The summed E-state index contributed by atoms with van der Waals surface area (Å²) in [6, 6.07) is 7.30. The standard InChI is InChI=1S/C21H30N4O3/c1-15(2)14-24-11-9-22-21(28)18(24)12-19(26)23-13-16-5-7-17(8-6-16)25-10-3-4-20(25)27/h5-8,15,18H,3-4,9-14H2,1-2H3,(H,22,28)(H,23,26). The number of hydrogen-bond acceptors (Lipinski definition) is 4. The largest absolute Gasteiger partial charge is 0.353 e. The Morgan fingerprint density at radius 2 is 1.96 bits per heavy atom. The average Bonchev–Trinajstić information content (AvgIpc) is 3.09. The summed E-state index contributed by atoms with van der Waals surface area (Å²) in [7, 11) is 0. The monoisotopic (exact) mass is 386 g/mol. The summed E-state index contributed by atoms with van der Waals surface area (Å²) >= 11 is 0. The third kappa shape index (κ3) is 5.10. The molecule has 7 nitrogen and oxygen atoms in total. The van der Waals surface area contributed by atoms with Gasteiger partial charge in [-0.3, -0.25) is 19.3 Å². The van der Waals surface area contributed by atoms with Crippen LogP contribution in [-0.4, -0.2) is 54.8 Å². The molecule has 1 atom stereocenters. The molecule has 2 aliphatic heterocycles. The fourth-order valence-corrected chi connectivity index (χ4v) is 3.83. The molecule has 2 saturated heterocycles. The van der Waals surface area contributed by atoms with Crippen molar-refractivity contribution < 1.29 is 14.4 Å². The summed E-state index contributed by atoms with van der Waals surface area (Å²) < 4.78 is 0. The number of rotatable bonds is 7. The van der Waals surface area contributed by atoms with E-state index in [1.807, 2.05) is 24.3 Å². The van der Waals surface area contributed by atoms with E-state index in [0.717, 1.165) is 37.3 Å². The van der Waals surface area contributed by atoms with E-state index in [4.69, 9.17) is 0 Å². The van der Waals surface area contributed by atoms with Gasteiger partial charge in [-0.2, -0.15) is 0 Å². The Bertz CT molecular complexity index is 717. The maximum absolute atomic E-state index is 12.4. The summed E-state index contributed by atoms with van der Waals surface area (Å²) in [4.78, 5) is 40.3. The molecule has 2 heterocycles. The molecule has 0 spiro atoms. The van der Waals surface area contributed by atoms with E-state index in [9.17, 15) is 14.4 Å². The Labute approximate surface area is 166 Å². The first-order chi connectivity index (χ1) is 13.4. The molecule has 7 heteroatoms. The highest BCUT2D eigenvalue weighted by molar-refractivity contribution is 5.95. The number of piperazine rings is 1. The van der Waals surface area contributed by atoms with E-state index < -0.39 is 6.04 Å². The van der Waals surface area contributed by atoms with Crippen molar-refractivity contribution in [2.45, 2.75) is 45.7 Å². The molecule has 2 N–H and O–H groups in total.